The molecular formula is C6H4F6O2. The zero-order valence-electron chi connectivity index (χ0n) is 6.45. The summed E-state index contributed by atoms with van der Waals surface area (Å²) in [4.78, 5) is 10.2. The molecule has 1 atom stereocenters. The Labute approximate surface area is 74.1 Å². The van der Waals surface area contributed by atoms with Crippen LogP contribution in [0.2, 0.25) is 0 Å². The van der Waals surface area contributed by atoms with Crippen LogP contribution in [-0.2, 0) is 9.53 Å². The third kappa shape index (κ3) is 2.64. The molecule has 0 aromatic carbocycles. The van der Waals surface area contributed by atoms with Gasteiger partial charge in [0.1, 0.15) is 0 Å². The third-order valence-electron chi connectivity index (χ3n) is 1.07. The number of carbonyl (C=O) groups excluding carboxylic acids is 1. The van der Waals surface area contributed by atoms with Crippen molar-refractivity contribution in [3.63, 3.8) is 0 Å². The monoisotopic (exact) mass is 222 g/mol. The summed E-state index contributed by atoms with van der Waals surface area (Å²) in [6.07, 6.45) is -10.2. The summed E-state index contributed by atoms with van der Waals surface area (Å²) in [7, 11) is 0. The lowest BCUT2D eigenvalue weighted by atomic mass is 10.2. The molecule has 0 radical (unpaired) electrons. The van der Waals surface area contributed by atoms with Gasteiger partial charge in [-0.2, -0.15) is 22.0 Å². The first-order valence-corrected chi connectivity index (χ1v) is 3.04. The van der Waals surface area contributed by atoms with Crippen molar-refractivity contribution in [1.29, 1.82) is 0 Å². The van der Waals surface area contributed by atoms with Crippen LogP contribution >= 0.6 is 0 Å². The van der Waals surface area contributed by atoms with Gasteiger partial charge in [0.05, 0.1) is 6.26 Å². The van der Waals surface area contributed by atoms with Crippen molar-refractivity contribution in [2.24, 2.45) is 0 Å². The molecule has 14 heavy (non-hydrogen) atoms. The van der Waals surface area contributed by atoms with E-state index >= 15 is 0 Å². The number of esters is 1. The van der Waals surface area contributed by atoms with E-state index in [-0.39, 0.29) is 6.26 Å². The standard InChI is InChI=1S/C6H4F6O2/c1-2-14-4(13)5(8,9)3(7)6(10,11)12/h2-3H,1H2. The van der Waals surface area contributed by atoms with Crippen LogP contribution in [0.4, 0.5) is 26.3 Å². The smallest absolute Gasteiger partial charge is 0.426 e. The Kier molecular flexibility index (Phi) is 3.55. The second-order valence-electron chi connectivity index (χ2n) is 2.10. The maximum absolute atomic E-state index is 12.3. The second-order valence-corrected chi connectivity index (χ2v) is 2.10. The van der Waals surface area contributed by atoms with Crippen LogP contribution in [-0.4, -0.2) is 24.2 Å². The van der Waals surface area contributed by atoms with E-state index in [0.717, 1.165) is 0 Å². The van der Waals surface area contributed by atoms with Gasteiger partial charge in [-0.3, -0.25) is 0 Å². The van der Waals surface area contributed by atoms with Crippen LogP contribution < -0.4 is 0 Å². The summed E-state index contributed by atoms with van der Waals surface area (Å²) in [5.74, 6) is -7.91. The summed E-state index contributed by atoms with van der Waals surface area (Å²) < 4.78 is 74.3. The Balaban J connectivity index is 4.77. The summed E-state index contributed by atoms with van der Waals surface area (Å²) in [5, 5.41) is 0. The lowest BCUT2D eigenvalue weighted by molar-refractivity contribution is -0.247. The van der Waals surface area contributed by atoms with Gasteiger partial charge in [-0.25, -0.2) is 9.18 Å². The average molecular weight is 222 g/mol. The van der Waals surface area contributed by atoms with Gasteiger partial charge in [0, 0.05) is 0 Å². The molecule has 0 saturated carbocycles. The highest BCUT2D eigenvalue weighted by Crippen LogP contribution is 2.35. The van der Waals surface area contributed by atoms with E-state index in [1.807, 2.05) is 0 Å². The highest BCUT2D eigenvalue weighted by atomic mass is 19.4. The first-order valence-electron chi connectivity index (χ1n) is 3.04. The quantitative estimate of drug-likeness (QED) is 0.415. The number of halogens is 6. The van der Waals surface area contributed by atoms with Crippen molar-refractivity contribution >= 4 is 5.97 Å². The topological polar surface area (TPSA) is 26.3 Å². The first kappa shape index (κ1) is 12.8. The SMILES string of the molecule is C=COC(=O)C(F)(F)C(F)C(F)(F)F. The minimum absolute atomic E-state index is 0.180. The highest BCUT2D eigenvalue weighted by molar-refractivity contribution is 5.79. The molecule has 0 heterocycles. The minimum Gasteiger partial charge on any atom is -0.431 e. The molecule has 0 aliphatic heterocycles. The lowest BCUT2D eigenvalue weighted by Crippen LogP contribution is -2.47. The van der Waals surface area contributed by atoms with Crippen LogP contribution in [0.3, 0.4) is 0 Å². The minimum atomic E-state index is -5.83. The first-order chi connectivity index (χ1) is 6.14. The van der Waals surface area contributed by atoms with Crippen LogP contribution in [0, 0.1) is 0 Å². The Morgan fingerprint density at radius 1 is 1.29 bits per heavy atom. The Hall–Kier alpha value is -1.21. The number of ether oxygens (including phenoxy) is 1. The van der Waals surface area contributed by atoms with E-state index in [9.17, 15) is 31.1 Å². The zero-order valence-corrected chi connectivity index (χ0v) is 6.45. The largest absolute Gasteiger partial charge is 0.431 e. The maximum Gasteiger partial charge on any atom is 0.426 e. The van der Waals surface area contributed by atoms with Crippen LogP contribution in [0.1, 0.15) is 0 Å². The molecule has 2 nitrogen and oxygen atoms in total. The van der Waals surface area contributed by atoms with E-state index < -0.39 is 24.2 Å². The van der Waals surface area contributed by atoms with Crippen LogP contribution in [0.25, 0.3) is 0 Å². The van der Waals surface area contributed by atoms with Gasteiger partial charge >= 0.3 is 18.1 Å². The number of rotatable bonds is 3. The van der Waals surface area contributed by atoms with Gasteiger partial charge < -0.3 is 4.74 Å². The fourth-order valence-electron chi connectivity index (χ4n) is 0.463. The molecule has 0 aliphatic rings. The number of hydrogen-bond donors (Lipinski definition) is 0. The molecule has 0 spiro atoms. The van der Waals surface area contributed by atoms with E-state index in [4.69, 9.17) is 0 Å². The Morgan fingerprint density at radius 3 is 2.00 bits per heavy atom. The Morgan fingerprint density at radius 2 is 1.71 bits per heavy atom. The predicted octanol–water partition coefficient (Wildman–Crippen LogP) is 2.21. The summed E-state index contributed by atoms with van der Waals surface area (Å²) >= 11 is 0. The van der Waals surface area contributed by atoms with Crippen molar-refractivity contribution in [3.05, 3.63) is 12.8 Å². The van der Waals surface area contributed by atoms with Crippen molar-refractivity contribution in [1.82, 2.24) is 0 Å². The van der Waals surface area contributed by atoms with Crippen LogP contribution in [0.5, 0.6) is 0 Å². The molecule has 82 valence electrons. The molecule has 0 aliphatic carbocycles. The van der Waals surface area contributed by atoms with Gasteiger partial charge in [-0.15, -0.1) is 0 Å². The molecule has 8 heteroatoms. The lowest BCUT2D eigenvalue weighted by Gasteiger charge is -2.19. The molecule has 0 aromatic rings. The third-order valence-corrected chi connectivity index (χ3v) is 1.07. The fourth-order valence-corrected chi connectivity index (χ4v) is 0.463. The molecule has 0 fully saturated rings. The van der Waals surface area contributed by atoms with E-state index in [0.29, 0.717) is 0 Å². The number of hydrogen-bond acceptors (Lipinski definition) is 2. The number of carbonyl (C=O) groups is 1. The molecule has 0 aromatic heterocycles. The van der Waals surface area contributed by atoms with Crippen molar-refractivity contribution in [2.45, 2.75) is 18.3 Å². The van der Waals surface area contributed by atoms with Crippen molar-refractivity contribution in [3.8, 4) is 0 Å². The van der Waals surface area contributed by atoms with E-state index in [2.05, 4.69) is 11.3 Å². The summed E-state index contributed by atoms with van der Waals surface area (Å²) in [6, 6.07) is 0. The van der Waals surface area contributed by atoms with E-state index in [1.165, 1.54) is 0 Å². The van der Waals surface area contributed by atoms with Gasteiger partial charge in [0.25, 0.3) is 6.17 Å². The van der Waals surface area contributed by atoms with E-state index in [1.54, 1.807) is 0 Å². The molecule has 0 amide bonds. The molecule has 0 saturated heterocycles. The van der Waals surface area contributed by atoms with Gasteiger partial charge in [-0.1, -0.05) is 6.58 Å². The number of alkyl halides is 6. The predicted molar refractivity (Wildman–Crippen MR) is 32.2 cm³/mol. The van der Waals surface area contributed by atoms with Crippen molar-refractivity contribution in [2.75, 3.05) is 0 Å². The summed E-state index contributed by atoms with van der Waals surface area (Å²) in [6.45, 7) is 2.66. The van der Waals surface area contributed by atoms with Gasteiger partial charge in [-0.05, 0) is 0 Å². The molecule has 1 unspecified atom stereocenters. The highest BCUT2D eigenvalue weighted by Gasteiger charge is 2.62. The maximum atomic E-state index is 12.3. The molecule has 0 N–H and O–H groups in total. The van der Waals surface area contributed by atoms with Crippen LogP contribution in [0.15, 0.2) is 12.8 Å². The zero-order chi connectivity index (χ0) is 11.6. The molecule has 0 bridgehead atoms. The average Bonchev–Trinajstić information content (AvgIpc) is 2.01. The second kappa shape index (κ2) is 3.89. The van der Waals surface area contributed by atoms with Crippen molar-refractivity contribution < 1.29 is 35.9 Å². The van der Waals surface area contributed by atoms with Gasteiger partial charge in [0.15, 0.2) is 0 Å². The molecule has 0 rings (SSSR count). The Bertz CT molecular complexity index is 233. The molecular weight excluding hydrogens is 218 g/mol. The van der Waals surface area contributed by atoms with Gasteiger partial charge in [0.2, 0.25) is 0 Å². The normalized spacial score (nSPS) is 14.7. The summed E-state index contributed by atoms with van der Waals surface area (Å²) in [5.41, 5.74) is 0. The fraction of sp³-hybridized carbons (Fsp3) is 0.500.